The van der Waals surface area contributed by atoms with Crippen LogP contribution in [0.4, 0.5) is 0 Å². The summed E-state index contributed by atoms with van der Waals surface area (Å²) in [6.07, 6.45) is 0.966. The highest BCUT2D eigenvalue weighted by atomic mass is 28.4. The second kappa shape index (κ2) is 6.97. The van der Waals surface area contributed by atoms with Crippen LogP contribution in [0.2, 0.25) is 0 Å². The zero-order valence-electron chi connectivity index (χ0n) is 14.1. The van der Waals surface area contributed by atoms with E-state index in [9.17, 15) is 0 Å². The number of benzene rings is 2. The zero-order valence-corrected chi connectivity index (χ0v) is 15.1. The SMILES string of the molecule is CCO[Si](OCC)(OCC)c1ccc2c(c1)Cc1ccccc1-2. The summed E-state index contributed by atoms with van der Waals surface area (Å²) in [6.45, 7) is 7.73. The third-order valence-corrected chi connectivity index (χ3v) is 7.17. The summed E-state index contributed by atoms with van der Waals surface area (Å²) in [5.74, 6) is 0. The van der Waals surface area contributed by atoms with Gasteiger partial charge >= 0.3 is 8.80 Å². The van der Waals surface area contributed by atoms with Gasteiger partial charge < -0.3 is 13.3 Å². The van der Waals surface area contributed by atoms with Crippen molar-refractivity contribution in [2.24, 2.45) is 0 Å². The Balaban J connectivity index is 2.01. The molecule has 0 aromatic heterocycles. The average molecular weight is 328 g/mol. The summed E-state index contributed by atoms with van der Waals surface area (Å²) in [6, 6.07) is 15.1. The quantitative estimate of drug-likeness (QED) is 0.621. The molecule has 1 aliphatic carbocycles. The second-order valence-electron chi connectivity index (χ2n) is 5.56. The van der Waals surface area contributed by atoms with E-state index in [0.717, 1.165) is 11.6 Å². The number of fused-ring (bicyclic) bond motifs is 3. The maximum atomic E-state index is 6.03. The molecule has 2 aromatic rings. The van der Waals surface area contributed by atoms with Crippen molar-refractivity contribution in [3.05, 3.63) is 53.6 Å². The van der Waals surface area contributed by atoms with Gasteiger partial charge in [0, 0.05) is 25.0 Å². The van der Waals surface area contributed by atoms with Crippen molar-refractivity contribution >= 4 is 14.0 Å². The summed E-state index contributed by atoms with van der Waals surface area (Å²) in [5.41, 5.74) is 5.37. The van der Waals surface area contributed by atoms with Crippen LogP contribution in [0, 0.1) is 0 Å². The van der Waals surface area contributed by atoms with E-state index in [1.54, 1.807) is 0 Å². The van der Waals surface area contributed by atoms with Crippen molar-refractivity contribution in [1.82, 2.24) is 0 Å². The van der Waals surface area contributed by atoms with Gasteiger partial charge in [0.1, 0.15) is 0 Å². The van der Waals surface area contributed by atoms with Gasteiger partial charge in [0.15, 0.2) is 0 Å². The molecule has 0 bridgehead atoms. The molecule has 0 heterocycles. The van der Waals surface area contributed by atoms with Crippen molar-refractivity contribution in [1.29, 1.82) is 0 Å². The minimum absolute atomic E-state index is 0.587. The van der Waals surface area contributed by atoms with Crippen LogP contribution in [0.25, 0.3) is 11.1 Å². The molecule has 0 saturated heterocycles. The van der Waals surface area contributed by atoms with Gasteiger partial charge in [-0.05, 0) is 49.4 Å². The van der Waals surface area contributed by atoms with Gasteiger partial charge in [-0.2, -0.15) is 0 Å². The predicted octanol–water partition coefficient (Wildman–Crippen LogP) is 3.51. The molecule has 3 nitrogen and oxygen atoms in total. The highest BCUT2D eigenvalue weighted by Crippen LogP contribution is 2.36. The molecule has 1 aliphatic rings. The fourth-order valence-corrected chi connectivity index (χ4v) is 5.81. The average Bonchev–Trinajstić information content (AvgIpc) is 2.93. The Hall–Kier alpha value is -1.46. The van der Waals surface area contributed by atoms with Gasteiger partial charge in [0.25, 0.3) is 0 Å². The topological polar surface area (TPSA) is 27.7 Å². The molecule has 122 valence electrons. The molecule has 3 rings (SSSR count). The van der Waals surface area contributed by atoms with Crippen LogP contribution in [-0.4, -0.2) is 28.6 Å². The third-order valence-electron chi connectivity index (χ3n) is 4.15. The lowest BCUT2D eigenvalue weighted by atomic mass is 10.1. The maximum absolute atomic E-state index is 6.03. The Morgan fingerprint density at radius 3 is 2.04 bits per heavy atom. The smallest absolute Gasteiger partial charge is 0.370 e. The van der Waals surface area contributed by atoms with Gasteiger partial charge in [-0.25, -0.2) is 0 Å². The maximum Gasteiger partial charge on any atom is 0.537 e. The molecule has 0 spiro atoms. The molecule has 23 heavy (non-hydrogen) atoms. The molecule has 0 N–H and O–H groups in total. The first-order chi connectivity index (χ1) is 11.2. The zero-order chi connectivity index (χ0) is 16.3. The van der Waals surface area contributed by atoms with Gasteiger partial charge in [0.05, 0.1) is 0 Å². The van der Waals surface area contributed by atoms with Crippen molar-refractivity contribution < 1.29 is 13.3 Å². The first-order valence-corrected chi connectivity index (χ1v) is 10.1. The summed E-state index contributed by atoms with van der Waals surface area (Å²) in [4.78, 5) is 0. The minimum atomic E-state index is -2.82. The van der Waals surface area contributed by atoms with Crippen LogP contribution in [0.3, 0.4) is 0 Å². The van der Waals surface area contributed by atoms with Crippen molar-refractivity contribution in [2.75, 3.05) is 19.8 Å². The predicted molar refractivity (Wildman–Crippen MR) is 95.0 cm³/mol. The second-order valence-corrected chi connectivity index (χ2v) is 8.12. The van der Waals surface area contributed by atoms with E-state index < -0.39 is 8.80 Å². The van der Waals surface area contributed by atoms with Crippen molar-refractivity contribution in [2.45, 2.75) is 27.2 Å². The Bertz CT molecular complexity index is 667. The fraction of sp³-hybridized carbons (Fsp3) is 0.368. The fourth-order valence-electron chi connectivity index (χ4n) is 3.28. The highest BCUT2D eigenvalue weighted by molar-refractivity contribution is 6.75. The van der Waals surface area contributed by atoms with E-state index in [-0.39, 0.29) is 0 Å². The normalized spacial score (nSPS) is 13.0. The van der Waals surface area contributed by atoms with E-state index >= 15 is 0 Å². The van der Waals surface area contributed by atoms with E-state index in [2.05, 4.69) is 42.5 Å². The first kappa shape index (κ1) is 16.4. The lowest BCUT2D eigenvalue weighted by molar-refractivity contribution is 0.0859. The molecule has 0 aliphatic heterocycles. The Kier molecular flexibility index (Phi) is 4.97. The summed E-state index contributed by atoms with van der Waals surface area (Å²) < 4.78 is 18.1. The first-order valence-electron chi connectivity index (χ1n) is 8.37. The Labute approximate surface area is 139 Å². The largest absolute Gasteiger partial charge is 0.537 e. The van der Waals surface area contributed by atoms with Crippen LogP contribution in [-0.2, 0) is 19.7 Å². The van der Waals surface area contributed by atoms with E-state index in [4.69, 9.17) is 13.3 Å². The van der Waals surface area contributed by atoms with Crippen molar-refractivity contribution in [3.63, 3.8) is 0 Å². The molecule has 2 aromatic carbocycles. The van der Waals surface area contributed by atoms with Crippen LogP contribution in [0.5, 0.6) is 0 Å². The number of rotatable bonds is 7. The minimum Gasteiger partial charge on any atom is -0.370 e. The molecular formula is C19H24O3Si. The van der Waals surface area contributed by atoms with Crippen LogP contribution < -0.4 is 5.19 Å². The highest BCUT2D eigenvalue weighted by Gasteiger charge is 2.43. The lowest BCUT2D eigenvalue weighted by Crippen LogP contribution is -2.57. The summed E-state index contributed by atoms with van der Waals surface area (Å²) >= 11 is 0. The van der Waals surface area contributed by atoms with Crippen LogP contribution in [0.15, 0.2) is 42.5 Å². The molecule has 0 radical (unpaired) electrons. The van der Waals surface area contributed by atoms with Gasteiger partial charge in [-0.15, -0.1) is 0 Å². The van der Waals surface area contributed by atoms with Gasteiger partial charge in [-0.3, -0.25) is 0 Å². The monoisotopic (exact) mass is 328 g/mol. The van der Waals surface area contributed by atoms with Gasteiger partial charge in [0.2, 0.25) is 0 Å². The van der Waals surface area contributed by atoms with E-state index in [1.807, 2.05) is 20.8 Å². The van der Waals surface area contributed by atoms with E-state index in [0.29, 0.717) is 19.8 Å². The summed E-state index contributed by atoms with van der Waals surface area (Å²) in [5, 5.41) is 1.06. The van der Waals surface area contributed by atoms with Crippen LogP contribution >= 0.6 is 0 Å². The third kappa shape index (κ3) is 3.00. The molecular weight excluding hydrogens is 304 g/mol. The van der Waals surface area contributed by atoms with Gasteiger partial charge in [-0.1, -0.05) is 42.5 Å². The Morgan fingerprint density at radius 2 is 1.39 bits per heavy atom. The Morgan fingerprint density at radius 1 is 0.783 bits per heavy atom. The lowest BCUT2D eigenvalue weighted by Gasteiger charge is -2.29. The number of hydrogen-bond acceptors (Lipinski definition) is 3. The van der Waals surface area contributed by atoms with Crippen LogP contribution in [0.1, 0.15) is 31.9 Å². The molecule has 0 atom stereocenters. The number of hydrogen-bond donors (Lipinski definition) is 0. The molecule has 0 amide bonds. The van der Waals surface area contributed by atoms with Crippen molar-refractivity contribution in [3.8, 4) is 11.1 Å². The van der Waals surface area contributed by atoms with E-state index in [1.165, 1.54) is 22.3 Å². The molecule has 0 fully saturated rings. The molecule has 0 unspecified atom stereocenters. The molecule has 0 saturated carbocycles. The standard InChI is InChI=1S/C19H24O3Si/c1-4-20-23(21-5-2,22-6-3)17-11-12-19-16(14-17)13-15-9-7-8-10-18(15)19/h7-12,14H,4-6,13H2,1-3H3. The molecule has 4 heteroatoms. The summed E-state index contributed by atoms with van der Waals surface area (Å²) in [7, 11) is -2.82.